The highest BCUT2D eigenvalue weighted by atomic mass is 35.5. The second-order valence-electron chi connectivity index (χ2n) is 17.3. The first-order valence-corrected chi connectivity index (χ1v) is 23.5. The van der Waals surface area contributed by atoms with Crippen LogP contribution in [0.5, 0.6) is 23.0 Å². The third kappa shape index (κ3) is 12.4. The fourth-order valence-corrected chi connectivity index (χ4v) is 8.33. The number of rotatable bonds is 7. The molecular formula is C55H62ClN5O10. The predicted molar refractivity (Wildman–Crippen MR) is 274 cm³/mol. The van der Waals surface area contributed by atoms with Crippen LogP contribution in [-0.2, 0) is 19.1 Å². The van der Waals surface area contributed by atoms with Crippen LogP contribution in [0.1, 0.15) is 56.6 Å². The Bertz CT molecular complexity index is 2750. The monoisotopic (exact) mass is 987 g/mol. The predicted octanol–water partition coefficient (Wildman–Crippen LogP) is 9.82. The van der Waals surface area contributed by atoms with E-state index >= 15 is 0 Å². The molecule has 1 N–H and O–H groups in total. The number of halogens is 1. The molecule has 0 aliphatic carbocycles. The van der Waals surface area contributed by atoms with Gasteiger partial charge >= 0.3 is 11.5 Å². The lowest BCUT2D eigenvalue weighted by Gasteiger charge is -2.43. The molecule has 15 nitrogen and oxygen atoms in total. The van der Waals surface area contributed by atoms with Crippen LogP contribution < -0.4 is 24.0 Å². The Morgan fingerprint density at radius 2 is 1.07 bits per heavy atom. The maximum atomic E-state index is 12.8. The standard InChI is InChI=1S/C25H28N2O5.C20H21NO3.C5H8ClNO2.C5H5N/c1-15-6-7-19(13-21(15)32-25(29)26-8-10-31-11-9-26)23-18(4)24(28)27(23)20-12-16(2)17(3)22(14-20)30-5;1-11-6-7-15(9-17(11)22)19-14(4)20(23)21(19)16-8-12(2)13(3)18(10-16)24-5;6-5(8)7-1-3-9-4-2-7;1-2-4-6-5-3-1/h6-7,12-14,23H,4,8-11H2,1-3,5H3;6-10,19,22H,4H2,1-3,5H3;1-4H2;1-5H/t23-;19-;;/m11../s1. The quantitative estimate of drug-likeness (QED) is 0.0716. The van der Waals surface area contributed by atoms with Gasteiger partial charge in [-0.3, -0.25) is 29.2 Å². The summed E-state index contributed by atoms with van der Waals surface area (Å²) in [5.41, 5.74) is 10.0. The molecule has 0 unspecified atom stereocenters. The molecule has 71 heavy (non-hydrogen) atoms. The van der Waals surface area contributed by atoms with E-state index in [1.165, 1.54) is 0 Å². The first kappa shape index (κ1) is 53.2. The van der Waals surface area contributed by atoms with Gasteiger partial charge in [0.2, 0.25) is 0 Å². The first-order valence-electron chi connectivity index (χ1n) is 23.1. The number of carbonyl (C=O) groups excluding carboxylic acids is 4. The van der Waals surface area contributed by atoms with Crippen LogP contribution in [0.3, 0.4) is 0 Å². The Labute approximate surface area is 420 Å². The highest BCUT2D eigenvalue weighted by Gasteiger charge is 2.44. The van der Waals surface area contributed by atoms with Gasteiger partial charge < -0.3 is 38.6 Å². The van der Waals surface area contributed by atoms with E-state index in [9.17, 15) is 24.3 Å². The molecule has 0 spiro atoms. The molecule has 4 amide bonds. The summed E-state index contributed by atoms with van der Waals surface area (Å²) in [6.45, 7) is 24.1. The number of β-lactam (4-membered cyclic amide) rings is 2. The molecule has 4 aromatic carbocycles. The molecule has 4 aliphatic rings. The van der Waals surface area contributed by atoms with E-state index < -0.39 is 6.09 Å². The van der Waals surface area contributed by atoms with Crippen molar-refractivity contribution in [3.63, 3.8) is 0 Å². The van der Waals surface area contributed by atoms with Crippen molar-refractivity contribution in [1.82, 2.24) is 14.8 Å². The Balaban J connectivity index is 0.000000183. The lowest BCUT2D eigenvalue weighted by molar-refractivity contribution is -0.119. The number of hydrogen-bond donors (Lipinski definition) is 1. The molecule has 9 rings (SSSR count). The van der Waals surface area contributed by atoms with E-state index in [0.717, 1.165) is 67.4 Å². The van der Waals surface area contributed by atoms with Gasteiger partial charge in [0.1, 0.15) is 23.0 Å². The third-order valence-corrected chi connectivity index (χ3v) is 13.0. The summed E-state index contributed by atoms with van der Waals surface area (Å²) in [4.78, 5) is 58.6. The van der Waals surface area contributed by atoms with Gasteiger partial charge in [0.15, 0.2) is 0 Å². The van der Waals surface area contributed by atoms with Crippen LogP contribution >= 0.6 is 11.6 Å². The molecule has 0 saturated carbocycles. The van der Waals surface area contributed by atoms with Crippen molar-refractivity contribution >= 4 is 46.2 Å². The number of aryl methyl sites for hydroxylation is 4. The minimum Gasteiger partial charge on any atom is -0.508 e. The van der Waals surface area contributed by atoms with Crippen molar-refractivity contribution in [2.24, 2.45) is 0 Å². The third-order valence-electron chi connectivity index (χ3n) is 12.7. The van der Waals surface area contributed by atoms with Crippen molar-refractivity contribution in [3.8, 4) is 23.0 Å². The summed E-state index contributed by atoms with van der Waals surface area (Å²) in [6, 6.07) is 23.9. The molecule has 4 aliphatic heterocycles. The number of phenols is 1. The number of nitrogens with zero attached hydrogens (tertiary/aromatic N) is 5. The van der Waals surface area contributed by atoms with Crippen LogP contribution in [0, 0.1) is 41.5 Å². The highest BCUT2D eigenvalue weighted by Crippen LogP contribution is 2.46. The summed E-state index contributed by atoms with van der Waals surface area (Å²) in [5.74, 6) is 1.94. The van der Waals surface area contributed by atoms with Crippen LogP contribution in [0.25, 0.3) is 0 Å². The number of ether oxygens (including phenoxy) is 5. The molecule has 0 radical (unpaired) electrons. The number of aromatic hydroxyl groups is 1. The number of methoxy groups -OCH3 is 2. The number of anilines is 2. The zero-order chi connectivity index (χ0) is 51.5. The van der Waals surface area contributed by atoms with Gasteiger partial charge in [0, 0.05) is 73.2 Å². The van der Waals surface area contributed by atoms with Crippen LogP contribution in [0.2, 0.25) is 0 Å². The Hall–Kier alpha value is -7.20. The van der Waals surface area contributed by atoms with E-state index in [1.54, 1.807) is 52.3 Å². The first-order chi connectivity index (χ1) is 34.0. The van der Waals surface area contributed by atoms with E-state index in [0.29, 0.717) is 69.5 Å². The van der Waals surface area contributed by atoms with Crippen molar-refractivity contribution in [2.45, 2.75) is 53.6 Å². The SMILES string of the molecule is C=C1C(=O)N(c2cc(C)c(C)c(OC)c2)[C@H]1c1ccc(C)c(O)c1.C=C1C(=O)N(c2cc(C)c(C)c(OC)c2)[C@H]1c1ccc(C)c(OC(=O)N2CCOCC2)c1.O=C(Cl)N1CCOCC1.c1ccncc1. The average molecular weight is 989 g/mol. The molecule has 5 heterocycles. The zero-order valence-corrected chi connectivity index (χ0v) is 42.4. The molecule has 374 valence electrons. The topological polar surface area (TPSA) is 161 Å². The van der Waals surface area contributed by atoms with Gasteiger partial charge in [-0.05, 0) is 134 Å². The Morgan fingerprint density at radius 1 is 0.620 bits per heavy atom. The number of benzene rings is 4. The van der Waals surface area contributed by atoms with E-state index in [1.807, 2.05) is 114 Å². The van der Waals surface area contributed by atoms with Gasteiger partial charge in [-0.25, -0.2) is 4.79 Å². The smallest absolute Gasteiger partial charge is 0.415 e. The van der Waals surface area contributed by atoms with Gasteiger partial charge in [-0.1, -0.05) is 43.5 Å². The molecular weight excluding hydrogens is 926 g/mol. The maximum absolute atomic E-state index is 12.8. The summed E-state index contributed by atoms with van der Waals surface area (Å²) in [5, 5.41) is 9.61. The van der Waals surface area contributed by atoms with Crippen molar-refractivity contribution < 1.29 is 48.0 Å². The average Bonchev–Trinajstić information content (AvgIpc) is 3.39. The number of aromatic nitrogens is 1. The van der Waals surface area contributed by atoms with Crippen LogP contribution in [-0.4, -0.2) is 110 Å². The lowest BCUT2D eigenvalue weighted by atomic mass is 9.87. The van der Waals surface area contributed by atoms with E-state index in [2.05, 4.69) is 18.1 Å². The summed E-state index contributed by atoms with van der Waals surface area (Å²) in [7, 11) is 3.24. The van der Waals surface area contributed by atoms with Crippen molar-refractivity contribution in [2.75, 3.05) is 76.6 Å². The number of pyridine rings is 1. The summed E-state index contributed by atoms with van der Waals surface area (Å²) in [6.07, 6.45) is 3.10. The Kier molecular flexibility index (Phi) is 18.0. The molecule has 16 heteroatoms. The van der Waals surface area contributed by atoms with Crippen LogP contribution in [0.15, 0.2) is 116 Å². The number of morpholine rings is 2. The fourth-order valence-electron chi connectivity index (χ4n) is 8.16. The van der Waals surface area contributed by atoms with Crippen molar-refractivity contribution in [3.05, 3.63) is 160 Å². The van der Waals surface area contributed by atoms with Gasteiger partial charge in [0.05, 0.1) is 52.7 Å². The molecule has 4 saturated heterocycles. The second-order valence-corrected chi connectivity index (χ2v) is 17.6. The zero-order valence-electron chi connectivity index (χ0n) is 41.6. The summed E-state index contributed by atoms with van der Waals surface area (Å²) >= 11 is 5.19. The van der Waals surface area contributed by atoms with Crippen molar-refractivity contribution in [1.29, 1.82) is 0 Å². The summed E-state index contributed by atoms with van der Waals surface area (Å²) < 4.78 is 26.9. The molecule has 1 aromatic heterocycles. The second kappa shape index (κ2) is 24.1. The van der Waals surface area contributed by atoms with Crippen LogP contribution in [0.4, 0.5) is 21.0 Å². The fraction of sp³-hybridized carbons (Fsp3) is 0.327. The Morgan fingerprint density at radius 3 is 1.46 bits per heavy atom. The van der Waals surface area contributed by atoms with E-state index in [4.69, 9.17) is 35.3 Å². The lowest BCUT2D eigenvalue weighted by Crippen LogP contribution is -2.49. The minimum absolute atomic E-state index is 0.106. The van der Waals surface area contributed by atoms with Gasteiger partial charge in [-0.15, -0.1) is 0 Å². The van der Waals surface area contributed by atoms with Gasteiger partial charge in [-0.2, -0.15) is 0 Å². The largest absolute Gasteiger partial charge is 0.508 e. The van der Waals surface area contributed by atoms with Gasteiger partial charge in [0.25, 0.3) is 11.8 Å². The molecule has 5 aromatic rings. The minimum atomic E-state index is -0.396. The molecule has 0 bridgehead atoms. The maximum Gasteiger partial charge on any atom is 0.415 e. The number of carbonyl (C=O) groups is 4. The number of phenolic OH excluding ortho intramolecular Hbond substituents is 1. The molecule has 2 atom stereocenters. The van der Waals surface area contributed by atoms with E-state index in [-0.39, 0.29) is 35.0 Å². The molecule has 4 fully saturated rings. The highest BCUT2D eigenvalue weighted by molar-refractivity contribution is 6.62. The number of hydrogen-bond acceptors (Lipinski definition) is 11. The normalized spacial score (nSPS) is 17.3. The number of amides is 4.